The fraction of sp³-hybridized carbons (Fsp3) is 0.200. The summed E-state index contributed by atoms with van der Waals surface area (Å²) in [5.74, 6) is -0.420. The van der Waals surface area contributed by atoms with Gasteiger partial charge in [0, 0.05) is 11.2 Å². The number of rotatable bonds is 4. The number of carbonyl (C=O) groups is 1. The summed E-state index contributed by atoms with van der Waals surface area (Å²) < 4.78 is 5.87. The number of halogens is 1. The molecule has 0 fully saturated rings. The molecule has 0 radical (unpaired) electrons. The molecule has 0 spiro atoms. The highest BCUT2D eigenvalue weighted by Gasteiger charge is 2.11. The van der Waals surface area contributed by atoms with E-state index >= 15 is 0 Å². The topological polar surface area (TPSA) is 97.0 Å². The molecule has 0 atom stereocenters. The molecule has 0 aliphatic carbocycles. The van der Waals surface area contributed by atoms with Gasteiger partial charge in [0.15, 0.2) is 5.57 Å². The van der Waals surface area contributed by atoms with Gasteiger partial charge in [0.2, 0.25) is 0 Å². The second-order valence-corrected chi connectivity index (χ2v) is 4.92. The van der Waals surface area contributed by atoms with Gasteiger partial charge in [-0.2, -0.15) is 5.26 Å². The van der Waals surface area contributed by atoms with Crippen molar-refractivity contribution in [3.8, 4) is 6.07 Å². The molecule has 7 nitrogen and oxygen atoms in total. The van der Waals surface area contributed by atoms with Crippen LogP contribution in [0.4, 0.5) is 0 Å². The Morgan fingerprint density at radius 1 is 1.57 bits per heavy atom. The molecule has 0 bridgehead atoms. The fourth-order valence-electron chi connectivity index (χ4n) is 1.90. The van der Waals surface area contributed by atoms with Crippen molar-refractivity contribution in [2.75, 3.05) is 12.0 Å². The number of benzene rings is 1. The lowest BCUT2D eigenvalue weighted by atomic mass is 10.2. The Hall–Kier alpha value is -2.85. The summed E-state index contributed by atoms with van der Waals surface area (Å²) in [6.45, 7) is 3.39. The lowest BCUT2D eigenvalue weighted by molar-refractivity contribution is -0.138. The molecule has 0 unspecified atom stereocenters. The molecule has 0 saturated heterocycles. The standard InChI is InChI=1S/C15H13ClN4O3/c1-3-23-15(22)10(7-17)8-18-20-9(2)19-13-6-11(16)4-5-12(13)14(20)21/h4-6,8,18H,3H2,1-2H3/b10-8+. The molecule has 1 aromatic carbocycles. The number of hydrogen-bond donors (Lipinski definition) is 1. The quantitative estimate of drug-likeness (QED) is 0.521. The van der Waals surface area contributed by atoms with Gasteiger partial charge in [-0.15, -0.1) is 0 Å². The van der Waals surface area contributed by atoms with Gasteiger partial charge in [0.1, 0.15) is 11.9 Å². The van der Waals surface area contributed by atoms with E-state index in [2.05, 4.69) is 10.4 Å². The van der Waals surface area contributed by atoms with Crippen LogP contribution in [0, 0.1) is 18.3 Å². The van der Waals surface area contributed by atoms with E-state index in [9.17, 15) is 9.59 Å². The maximum Gasteiger partial charge on any atom is 0.350 e. The Kier molecular flexibility index (Phi) is 4.98. The van der Waals surface area contributed by atoms with E-state index in [0.29, 0.717) is 21.7 Å². The zero-order valence-corrected chi connectivity index (χ0v) is 13.2. The van der Waals surface area contributed by atoms with Crippen LogP contribution in [0.2, 0.25) is 5.02 Å². The number of nitrogens with zero attached hydrogens (tertiary/aromatic N) is 3. The van der Waals surface area contributed by atoms with Crippen LogP contribution in [0.25, 0.3) is 10.9 Å². The third-order valence-electron chi connectivity index (χ3n) is 2.95. The molecule has 2 rings (SSSR count). The zero-order valence-electron chi connectivity index (χ0n) is 12.5. The highest BCUT2D eigenvalue weighted by atomic mass is 35.5. The minimum Gasteiger partial charge on any atom is -0.462 e. The van der Waals surface area contributed by atoms with E-state index in [4.69, 9.17) is 21.6 Å². The van der Waals surface area contributed by atoms with Crippen molar-refractivity contribution in [2.45, 2.75) is 13.8 Å². The summed E-state index contributed by atoms with van der Waals surface area (Å²) >= 11 is 5.89. The van der Waals surface area contributed by atoms with E-state index in [0.717, 1.165) is 10.9 Å². The van der Waals surface area contributed by atoms with Gasteiger partial charge in [-0.3, -0.25) is 10.2 Å². The maximum atomic E-state index is 12.4. The summed E-state index contributed by atoms with van der Waals surface area (Å²) in [4.78, 5) is 28.3. The second-order valence-electron chi connectivity index (χ2n) is 4.48. The molecular formula is C15H13ClN4O3. The van der Waals surface area contributed by atoms with E-state index in [1.165, 1.54) is 0 Å². The van der Waals surface area contributed by atoms with Crippen LogP contribution in [0.1, 0.15) is 12.7 Å². The van der Waals surface area contributed by atoms with Crippen LogP contribution in [0.5, 0.6) is 0 Å². The van der Waals surface area contributed by atoms with E-state index in [-0.39, 0.29) is 17.7 Å². The van der Waals surface area contributed by atoms with Crippen LogP contribution >= 0.6 is 11.6 Å². The van der Waals surface area contributed by atoms with Gasteiger partial charge in [0.05, 0.1) is 17.5 Å². The van der Waals surface area contributed by atoms with Gasteiger partial charge in [-0.25, -0.2) is 14.5 Å². The van der Waals surface area contributed by atoms with E-state index in [1.54, 1.807) is 38.1 Å². The maximum absolute atomic E-state index is 12.4. The third kappa shape index (κ3) is 3.49. The van der Waals surface area contributed by atoms with Crippen LogP contribution in [-0.2, 0) is 9.53 Å². The van der Waals surface area contributed by atoms with Crippen molar-refractivity contribution in [3.05, 3.63) is 51.2 Å². The number of nitriles is 1. The van der Waals surface area contributed by atoms with Crippen molar-refractivity contribution in [1.82, 2.24) is 9.66 Å². The largest absolute Gasteiger partial charge is 0.462 e. The first-order chi connectivity index (χ1) is 11.0. The number of carbonyl (C=O) groups excluding carboxylic acids is 1. The summed E-state index contributed by atoms with van der Waals surface area (Å²) in [5, 5.41) is 9.80. The molecule has 0 aliphatic heterocycles. The van der Waals surface area contributed by atoms with Crippen molar-refractivity contribution >= 4 is 28.5 Å². The van der Waals surface area contributed by atoms with Gasteiger partial charge < -0.3 is 4.74 Å². The highest BCUT2D eigenvalue weighted by molar-refractivity contribution is 6.31. The monoisotopic (exact) mass is 332 g/mol. The first kappa shape index (κ1) is 16.5. The predicted octanol–water partition coefficient (Wildman–Crippen LogP) is 1.87. The smallest absolute Gasteiger partial charge is 0.350 e. The number of aromatic nitrogens is 2. The molecular weight excluding hydrogens is 320 g/mol. The number of nitrogens with one attached hydrogen (secondary N) is 1. The Morgan fingerprint density at radius 3 is 2.96 bits per heavy atom. The Bertz CT molecular complexity index is 896. The van der Waals surface area contributed by atoms with Gasteiger partial charge in [0.25, 0.3) is 5.56 Å². The SMILES string of the molecule is CCOC(=O)/C(C#N)=C/Nn1c(C)nc2cc(Cl)ccc2c1=O. The lowest BCUT2D eigenvalue weighted by Crippen LogP contribution is -2.30. The van der Waals surface area contributed by atoms with Crippen LogP contribution in [0.3, 0.4) is 0 Å². The van der Waals surface area contributed by atoms with Gasteiger partial charge in [-0.05, 0) is 32.0 Å². The number of hydrogen-bond acceptors (Lipinski definition) is 6. The lowest BCUT2D eigenvalue weighted by Gasteiger charge is -2.10. The number of aryl methyl sites for hydroxylation is 1. The molecule has 1 heterocycles. The molecule has 23 heavy (non-hydrogen) atoms. The first-order valence-electron chi connectivity index (χ1n) is 6.70. The molecule has 1 aromatic heterocycles. The summed E-state index contributed by atoms with van der Waals surface area (Å²) in [6.07, 6.45) is 1.11. The molecule has 8 heteroatoms. The molecule has 0 saturated carbocycles. The van der Waals surface area contributed by atoms with Crippen LogP contribution in [-0.4, -0.2) is 22.2 Å². The molecule has 0 aliphatic rings. The normalized spacial score (nSPS) is 11.1. The Morgan fingerprint density at radius 2 is 2.30 bits per heavy atom. The van der Waals surface area contributed by atoms with Crippen LogP contribution < -0.4 is 11.0 Å². The molecule has 1 N–H and O–H groups in total. The molecule has 2 aromatic rings. The average molecular weight is 333 g/mol. The molecule has 118 valence electrons. The highest BCUT2D eigenvalue weighted by Crippen LogP contribution is 2.14. The van der Waals surface area contributed by atoms with Crippen molar-refractivity contribution in [1.29, 1.82) is 5.26 Å². The van der Waals surface area contributed by atoms with Crippen LogP contribution in [0.15, 0.2) is 34.8 Å². The molecule has 0 amide bonds. The van der Waals surface area contributed by atoms with Crippen molar-refractivity contribution in [3.63, 3.8) is 0 Å². The second kappa shape index (κ2) is 6.94. The minimum atomic E-state index is -0.770. The number of esters is 1. The van der Waals surface area contributed by atoms with Gasteiger partial charge in [-0.1, -0.05) is 11.6 Å². The third-order valence-corrected chi connectivity index (χ3v) is 3.19. The number of ether oxygens (including phenoxy) is 1. The first-order valence-corrected chi connectivity index (χ1v) is 7.08. The van der Waals surface area contributed by atoms with Gasteiger partial charge >= 0.3 is 5.97 Å². The van der Waals surface area contributed by atoms with E-state index in [1.807, 2.05) is 0 Å². The zero-order chi connectivity index (χ0) is 17.0. The summed E-state index contributed by atoms with van der Waals surface area (Å²) in [7, 11) is 0. The average Bonchev–Trinajstić information content (AvgIpc) is 2.50. The fourth-order valence-corrected chi connectivity index (χ4v) is 2.06. The number of fused-ring (bicyclic) bond motifs is 1. The Labute approximate surface area is 136 Å². The summed E-state index contributed by atoms with van der Waals surface area (Å²) in [5.41, 5.74) is 2.44. The van der Waals surface area contributed by atoms with Crippen molar-refractivity contribution in [2.24, 2.45) is 0 Å². The van der Waals surface area contributed by atoms with Crippen molar-refractivity contribution < 1.29 is 9.53 Å². The Balaban J connectivity index is 2.45. The summed E-state index contributed by atoms with van der Waals surface area (Å²) in [6, 6.07) is 6.44. The minimum absolute atomic E-state index is 0.148. The van der Waals surface area contributed by atoms with E-state index < -0.39 is 5.97 Å². The predicted molar refractivity (Wildman–Crippen MR) is 85.4 cm³/mol.